The fourth-order valence-electron chi connectivity index (χ4n) is 2.73. The molecule has 2 aromatic heterocycles. The van der Waals surface area contributed by atoms with Crippen molar-refractivity contribution in [2.24, 2.45) is 0 Å². The summed E-state index contributed by atoms with van der Waals surface area (Å²) in [5.41, 5.74) is 4.85. The fraction of sp³-hybridized carbons (Fsp3) is 0.118. The molecule has 22 heavy (non-hydrogen) atoms. The molecule has 0 N–H and O–H groups in total. The summed E-state index contributed by atoms with van der Waals surface area (Å²) >= 11 is 0. The van der Waals surface area contributed by atoms with Gasteiger partial charge in [-0.25, -0.2) is 9.37 Å². The molecule has 0 amide bonds. The van der Waals surface area contributed by atoms with E-state index >= 15 is 0 Å². The molecule has 2 aromatic carbocycles. The molecule has 4 rings (SSSR count). The first-order valence-corrected chi connectivity index (χ1v) is 7.02. The van der Waals surface area contributed by atoms with Crippen molar-refractivity contribution in [1.29, 1.82) is 0 Å². The topological polar surface area (TPSA) is 43.1 Å². The van der Waals surface area contributed by atoms with E-state index in [2.05, 4.69) is 15.2 Å². The van der Waals surface area contributed by atoms with Crippen molar-refractivity contribution in [3.8, 4) is 11.4 Å². The van der Waals surface area contributed by atoms with Gasteiger partial charge in [-0.2, -0.15) is 0 Å². The minimum Gasteiger partial charge on any atom is -0.273 e. The molecule has 0 aliphatic rings. The highest BCUT2D eigenvalue weighted by Gasteiger charge is 2.16. The molecular weight excluding hydrogens is 279 g/mol. The highest BCUT2D eigenvalue weighted by atomic mass is 19.1. The quantitative estimate of drug-likeness (QED) is 0.537. The lowest BCUT2D eigenvalue weighted by atomic mass is 10.1. The van der Waals surface area contributed by atoms with Crippen LogP contribution in [-0.4, -0.2) is 19.6 Å². The van der Waals surface area contributed by atoms with Gasteiger partial charge in [-0.3, -0.25) is 4.40 Å². The molecule has 0 aliphatic carbocycles. The van der Waals surface area contributed by atoms with Gasteiger partial charge in [-0.15, -0.1) is 10.2 Å². The van der Waals surface area contributed by atoms with Gasteiger partial charge in [0.15, 0.2) is 5.65 Å². The molecule has 0 spiro atoms. The summed E-state index contributed by atoms with van der Waals surface area (Å²) in [7, 11) is 0. The molecule has 2 heterocycles. The lowest BCUT2D eigenvalue weighted by Crippen LogP contribution is -1.98. The van der Waals surface area contributed by atoms with Crippen molar-refractivity contribution in [2.75, 3.05) is 0 Å². The minimum absolute atomic E-state index is 0.302. The van der Waals surface area contributed by atoms with Crippen LogP contribution in [0.2, 0.25) is 0 Å². The van der Waals surface area contributed by atoms with Gasteiger partial charge in [0.2, 0.25) is 0 Å². The second kappa shape index (κ2) is 4.59. The molecule has 4 aromatic rings. The third kappa shape index (κ3) is 1.79. The molecule has 0 unspecified atom stereocenters. The Balaban J connectivity index is 2.20. The number of rotatable bonds is 1. The van der Waals surface area contributed by atoms with Crippen LogP contribution in [0, 0.1) is 19.7 Å². The molecule has 0 fully saturated rings. The summed E-state index contributed by atoms with van der Waals surface area (Å²) in [4.78, 5) is 4.64. The summed E-state index contributed by atoms with van der Waals surface area (Å²) in [5.74, 6) is 0.458. The lowest BCUT2D eigenvalue weighted by molar-refractivity contribution is 0.629. The van der Waals surface area contributed by atoms with Crippen LogP contribution < -0.4 is 0 Å². The Morgan fingerprint density at radius 3 is 2.64 bits per heavy atom. The van der Waals surface area contributed by atoms with Crippen LogP contribution in [0.4, 0.5) is 4.39 Å². The molecule has 0 aliphatic heterocycles. The summed E-state index contributed by atoms with van der Waals surface area (Å²) < 4.78 is 15.6. The SMILES string of the molecule is Cc1ccccc1-c1nc(C)c2nnc3ccc(F)cc3n12. The van der Waals surface area contributed by atoms with Crippen molar-refractivity contribution in [3.63, 3.8) is 0 Å². The van der Waals surface area contributed by atoms with Crippen LogP contribution in [0.15, 0.2) is 42.5 Å². The number of nitrogens with zero attached hydrogens (tertiary/aromatic N) is 4. The highest BCUT2D eigenvalue weighted by Crippen LogP contribution is 2.27. The maximum absolute atomic E-state index is 13.7. The normalized spacial score (nSPS) is 11.4. The van der Waals surface area contributed by atoms with E-state index in [4.69, 9.17) is 0 Å². The first-order chi connectivity index (χ1) is 10.6. The Hall–Kier alpha value is -2.82. The number of hydrogen-bond donors (Lipinski definition) is 0. The third-order valence-corrected chi connectivity index (χ3v) is 3.84. The molecule has 4 nitrogen and oxygen atoms in total. The smallest absolute Gasteiger partial charge is 0.183 e. The van der Waals surface area contributed by atoms with Crippen molar-refractivity contribution in [3.05, 3.63) is 59.5 Å². The van der Waals surface area contributed by atoms with Gasteiger partial charge in [0.25, 0.3) is 0 Å². The average Bonchev–Trinajstić information content (AvgIpc) is 2.85. The van der Waals surface area contributed by atoms with Crippen molar-refractivity contribution in [2.45, 2.75) is 13.8 Å². The average molecular weight is 292 g/mol. The molecule has 0 atom stereocenters. The standard InChI is InChI=1S/C17H13FN4/c1-10-5-3-4-6-13(10)17-19-11(2)16-21-20-14-8-7-12(18)9-15(14)22(16)17/h3-9H,1-2H3. The van der Waals surface area contributed by atoms with E-state index in [1.54, 1.807) is 6.07 Å². The maximum Gasteiger partial charge on any atom is 0.183 e. The first kappa shape index (κ1) is 12.9. The zero-order chi connectivity index (χ0) is 15.3. The summed E-state index contributed by atoms with van der Waals surface area (Å²) in [5, 5.41) is 8.41. The van der Waals surface area contributed by atoms with Crippen LogP contribution >= 0.6 is 0 Å². The first-order valence-electron chi connectivity index (χ1n) is 7.02. The van der Waals surface area contributed by atoms with Crippen LogP contribution in [0.5, 0.6) is 0 Å². The second-order valence-corrected chi connectivity index (χ2v) is 5.33. The Kier molecular flexibility index (Phi) is 2.69. The number of hydrogen-bond acceptors (Lipinski definition) is 3. The second-order valence-electron chi connectivity index (χ2n) is 5.33. The minimum atomic E-state index is -0.302. The van der Waals surface area contributed by atoms with Crippen LogP contribution in [0.1, 0.15) is 11.3 Å². The molecular formula is C17H13FN4. The Morgan fingerprint density at radius 1 is 1.00 bits per heavy atom. The third-order valence-electron chi connectivity index (χ3n) is 3.84. The van der Waals surface area contributed by atoms with Gasteiger partial charge in [0.1, 0.15) is 17.2 Å². The zero-order valence-electron chi connectivity index (χ0n) is 12.2. The van der Waals surface area contributed by atoms with Gasteiger partial charge >= 0.3 is 0 Å². The van der Waals surface area contributed by atoms with E-state index in [0.29, 0.717) is 16.7 Å². The predicted molar refractivity (Wildman–Crippen MR) is 83.2 cm³/mol. The van der Waals surface area contributed by atoms with Crippen molar-refractivity contribution < 1.29 is 4.39 Å². The van der Waals surface area contributed by atoms with Crippen LogP contribution in [0.3, 0.4) is 0 Å². The highest BCUT2D eigenvalue weighted by molar-refractivity contribution is 5.80. The fourth-order valence-corrected chi connectivity index (χ4v) is 2.73. The van der Waals surface area contributed by atoms with Crippen LogP contribution in [-0.2, 0) is 0 Å². The monoisotopic (exact) mass is 292 g/mol. The van der Waals surface area contributed by atoms with Gasteiger partial charge in [0, 0.05) is 11.6 Å². The Labute approximate surface area is 126 Å². The van der Waals surface area contributed by atoms with Crippen LogP contribution in [0.25, 0.3) is 28.1 Å². The number of imidazole rings is 1. The zero-order valence-corrected chi connectivity index (χ0v) is 12.2. The molecule has 5 heteroatoms. The predicted octanol–water partition coefficient (Wildman–Crippen LogP) is 3.70. The summed E-state index contributed by atoms with van der Waals surface area (Å²) in [6.07, 6.45) is 0. The number of fused-ring (bicyclic) bond motifs is 3. The van der Waals surface area contributed by atoms with Gasteiger partial charge in [-0.1, -0.05) is 24.3 Å². The van der Waals surface area contributed by atoms with Gasteiger partial charge < -0.3 is 0 Å². The van der Waals surface area contributed by atoms with E-state index in [-0.39, 0.29) is 5.82 Å². The maximum atomic E-state index is 13.7. The lowest BCUT2D eigenvalue weighted by Gasteiger charge is -2.07. The van der Waals surface area contributed by atoms with Crippen molar-refractivity contribution in [1.82, 2.24) is 19.6 Å². The van der Waals surface area contributed by atoms with E-state index in [9.17, 15) is 4.39 Å². The van der Waals surface area contributed by atoms with E-state index < -0.39 is 0 Å². The Bertz CT molecular complexity index is 1020. The van der Waals surface area contributed by atoms with Gasteiger partial charge in [0.05, 0.1) is 11.2 Å². The largest absolute Gasteiger partial charge is 0.273 e. The van der Waals surface area contributed by atoms with Gasteiger partial charge in [-0.05, 0) is 31.5 Å². The molecule has 108 valence electrons. The van der Waals surface area contributed by atoms with E-state index in [0.717, 1.165) is 22.6 Å². The number of halogens is 1. The number of benzene rings is 2. The molecule has 0 saturated heterocycles. The van der Waals surface area contributed by atoms with Crippen molar-refractivity contribution >= 4 is 16.7 Å². The summed E-state index contributed by atoms with van der Waals surface area (Å²) in [6, 6.07) is 12.5. The molecule has 0 saturated carbocycles. The number of aromatic nitrogens is 4. The molecule has 0 radical (unpaired) electrons. The Morgan fingerprint density at radius 2 is 1.82 bits per heavy atom. The number of aryl methyl sites for hydroxylation is 2. The molecule has 0 bridgehead atoms. The van der Waals surface area contributed by atoms with E-state index in [1.165, 1.54) is 12.1 Å². The summed E-state index contributed by atoms with van der Waals surface area (Å²) in [6.45, 7) is 3.92. The van der Waals surface area contributed by atoms with E-state index in [1.807, 2.05) is 42.5 Å².